The number of rotatable bonds is 1. The molecule has 1 N–H and O–H groups in total. The monoisotopic (exact) mass is 198 g/mol. The molecule has 1 aromatic rings. The Bertz CT molecular complexity index is 320. The van der Waals surface area contributed by atoms with Gasteiger partial charge in [-0.05, 0) is 29.7 Å². The van der Waals surface area contributed by atoms with Gasteiger partial charge in [-0.25, -0.2) is 0 Å². The van der Waals surface area contributed by atoms with Gasteiger partial charge in [0.25, 0.3) is 0 Å². The van der Waals surface area contributed by atoms with Crippen LogP contribution in [0, 0.1) is 0 Å². The van der Waals surface area contributed by atoms with E-state index in [0.717, 1.165) is 5.00 Å². The zero-order valence-electron chi connectivity index (χ0n) is 6.11. The van der Waals surface area contributed by atoms with Crippen molar-refractivity contribution in [1.82, 2.24) is 5.32 Å². The van der Waals surface area contributed by atoms with Crippen LogP contribution in [0.2, 0.25) is 0 Å². The lowest BCUT2D eigenvalue weighted by atomic mass is 10.5. The molecule has 0 saturated carbocycles. The second-order valence-electron chi connectivity index (χ2n) is 2.39. The minimum Gasteiger partial charge on any atom is -0.301 e. The summed E-state index contributed by atoms with van der Waals surface area (Å²) in [5.41, 5.74) is 0. The van der Waals surface area contributed by atoms with Gasteiger partial charge in [0.05, 0.1) is 5.00 Å². The van der Waals surface area contributed by atoms with Crippen LogP contribution < -0.4 is 10.2 Å². The third-order valence-corrected chi connectivity index (χ3v) is 2.78. The van der Waals surface area contributed by atoms with Crippen molar-refractivity contribution in [2.45, 2.75) is 0 Å². The van der Waals surface area contributed by atoms with Crippen LogP contribution in [0.3, 0.4) is 0 Å². The van der Waals surface area contributed by atoms with Crippen molar-refractivity contribution in [2.75, 3.05) is 11.4 Å². The van der Waals surface area contributed by atoms with Crippen molar-refractivity contribution >= 4 is 39.6 Å². The van der Waals surface area contributed by atoms with Crippen molar-refractivity contribution in [3.05, 3.63) is 17.5 Å². The normalized spacial score (nSPS) is 16.8. The van der Waals surface area contributed by atoms with Gasteiger partial charge in [-0.15, -0.1) is 11.3 Å². The van der Waals surface area contributed by atoms with Gasteiger partial charge in [-0.1, -0.05) is 0 Å². The van der Waals surface area contributed by atoms with Crippen LogP contribution in [0.15, 0.2) is 17.5 Å². The Morgan fingerprint density at radius 3 is 3.00 bits per heavy atom. The summed E-state index contributed by atoms with van der Waals surface area (Å²) in [6, 6.07) is 3.88. The van der Waals surface area contributed by atoms with Crippen molar-refractivity contribution in [2.24, 2.45) is 0 Å². The van der Waals surface area contributed by atoms with E-state index in [0.29, 0.717) is 11.7 Å². The van der Waals surface area contributed by atoms with Gasteiger partial charge in [-0.2, -0.15) is 0 Å². The zero-order chi connectivity index (χ0) is 8.55. The van der Waals surface area contributed by atoms with E-state index in [2.05, 4.69) is 5.32 Å². The molecule has 1 fully saturated rings. The molecule has 62 valence electrons. The number of carbonyl (C=O) groups is 1. The summed E-state index contributed by atoms with van der Waals surface area (Å²) >= 11 is 6.54. The fraction of sp³-hybridized carbons (Fsp3) is 0.143. The molecule has 0 spiro atoms. The molecular formula is C7H6N2OS2. The Morgan fingerprint density at radius 2 is 2.50 bits per heavy atom. The first-order valence-electron chi connectivity index (χ1n) is 3.42. The molecule has 3 nitrogen and oxygen atoms in total. The Kier molecular flexibility index (Phi) is 1.82. The van der Waals surface area contributed by atoms with E-state index >= 15 is 0 Å². The molecule has 1 aromatic heterocycles. The maximum atomic E-state index is 10.9. The lowest BCUT2D eigenvalue weighted by molar-refractivity contribution is -0.117. The molecule has 1 aliphatic rings. The smallest absolute Gasteiger partial charge is 0.246 e. The molecule has 0 radical (unpaired) electrons. The SMILES string of the molecule is O=C1CN(c2cccs2)C(=S)N1. The summed E-state index contributed by atoms with van der Waals surface area (Å²) in [5, 5.41) is 6.05. The van der Waals surface area contributed by atoms with E-state index in [-0.39, 0.29) is 5.91 Å². The van der Waals surface area contributed by atoms with E-state index in [4.69, 9.17) is 12.2 Å². The standard InChI is InChI=1S/C7H6N2OS2/c10-5-4-9(7(11)8-5)6-2-1-3-12-6/h1-3H,4H2,(H,8,10,11). The predicted molar refractivity (Wildman–Crippen MR) is 52.4 cm³/mol. The third kappa shape index (κ3) is 1.21. The quantitative estimate of drug-likeness (QED) is 0.682. The van der Waals surface area contributed by atoms with Gasteiger partial charge in [0.1, 0.15) is 6.54 Å². The molecule has 1 amide bonds. The average molecular weight is 198 g/mol. The van der Waals surface area contributed by atoms with Crippen LogP contribution in [-0.2, 0) is 4.79 Å². The molecule has 1 saturated heterocycles. The summed E-state index contributed by atoms with van der Waals surface area (Å²) in [6.07, 6.45) is 0. The average Bonchev–Trinajstić information content (AvgIpc) is 2.58. The number of carbonyl (C=O) groups excluding carboxylic acids is 1. The highest BCUT2D eigenvalue weighted by atomic mass is 32.1. The zero-order valence-corrected chi connectivity index (χ0v) is 7.74. The highest BCUT2D eigenvalue weighted by Crippen LogP contribution is 2.22. The van der Waals surface area contributed by atoms with Crippen LogP contribution >= 0.6 is 23.6 Å². The summed E-state index contributed by atoms with van der Waals surface area (Å²) in [6.45, 7) is 0.347. The van der Waals surface area contributed by atoms with Gasteiger partial charge in [-0.3, -0.25) is 4.79 Å². The number of amides is 1. The Morgan fingerprint density at radius 1 is 1.67 bits per heavy atom. The van der Waals surface area contributed by atoms with Gasteiger partial charge < -0.3 is 10.2 Å². The second-order valence-corrected chi connectivity index (χ2v) is 3.70. The van der Waals surface area contributed by atoms with Gasteiger partial charge in [0.2, 0.25) is 5.91 Å². The summed E-state index contributed by atoms with van der Waals surface area (Å²) in [7, 11) is 0. The van der Waals surface area contributed by atoms with Crippen LogP contribution in [0.4, 0.5) is 5.00 Å². The van der Waals surface area contributed by atoms with Crippen LogP contribution in [0.25, 0.3) is 0 Å². The van der Waals surface area contributed by atoms with Crippen molar-refractivity contribution < 1.29 is 4.79 Å². The first kappa shape index (κ1) is 7.70. The van der Waals surface area contributed by atoms with E-state index in [1.54, 1.807) is 16.2 Å². The molecule has 0 bridgehead atoms. The van der Waals surface area contributed by atoms with E-state index in [1.165, 1.54) is 0 Å². The Balaban J connectivity index is 2.26. The number of thiocarbonyl (C=S) groups is 1. The lowest BCUT2D eigenvalue weighted by Gasteiger charge is -2.11. The predicted octanol–water partition coefficient (Wildman–Crippen LogP) is 0.969. The van der Waals surface area contributed by atoms with Gasteiger partial charge in [0, 0.05) is 0 Å². The highest BCUT2D eigenvalue weighted by Gasteiger charge is 2.24. The highest BCUT2D eigenvalue weighted by molar-refractivity contribution is 7.80. The first-order valence-corrected chi connectivity index (χ1v) is 4.71. The Labute approximate surface area is 79.0 Å². The lowest BCUT2D eigenvalue weighted by Crippen LogP contribution is -2.26. The topological polar surface area (TPSA) is 32.3 Å². The van der Waals surface area contributed by atoms with E-state index < -0.39 is 0 Å². The minimum absolute atomic E-state index is 0.0339. The van der Waals surface area contributed by atoms with Crippen molar-refractivity contribution in [1.29, 1.82) is 0 Å². The molecule has 1 aliphatic heterocycles. The fourth-order valence-electron chi connectivity index (χ4n) is 1.04. The van der Waals surface area contributed by atoms with Crippen LogP contribution in [0.5, 0.6) is 0 Å². The van der Waals surface area contributed by atoms with Gasteiger partial charge >= 0.3 is 0 Å². The number of hydrogen-bond donors (Lipinski definition) is 1. The van der Waals surface area contributed by atoms with E-state index in [9.17, 15) is 4.79 Å². The van der Waals surface area contributed by atoms with Crippen LogP contribution in [-0.4, -0.2) is 17.6 Å². The number of hydrogen-bond acceptors (Lipinski definition) is 3. The molecule has 12 heavy (non-hydrogen) atoms. The molecule has 0 aromatic carbocycles. The molecule has 5 heteroatoms. The fourth-order valence-corrected chi connectivity index (χ4v) is 2.11. The number of nitrogens with one attached hydrogen (secondary N) is 1. The molecule has 2 rings (SSSR count). The first-order chi connectivity index (χ1) is 5.77. The minimum atomic E-state index is -0.0339. The molecule has 0 aliphatic carbocycles. The molecule has 2 heterocycles. The maximum absolute atomic E-state index is 10.9. The second kappa shape index (κ2) is 2.84. The third-order valence-electron chi connectivity index (χ3n) is 1.57. The molecule has 0 unspecified atom stereocenters. The number of thiophene rings is 1. The Hall–Kier alpha value is -0.940. The summed E-state index contributed by atoms with van der Waals surface area (Å²) in [4.78, 5) is 12.7. The van der Waals surface area contributed by atoms with Crippen molar-refractivity contribution in [3.8, 4) is 0 Å². The molecule has 0 atom stereocenters. The number of nitrogens with zero attached hydrogens (tertiary/aromatic N) is 1. The van der Waals surface area contributed by atoms with E-state index in [1.807, 2.05) is 17.5 Å². The van der Waals surface area contributed by atoms with Crippen LogP contribution in [0.1, 0.15) is 0 Å². The largest absolute Gasteiger partial charge is 0.301 e. The molecular weight excluding hydrogens is 192 g/mol. The van der Waals surface area contributed by atoms with Gasteiger partial charge in [0.15, 0.2) is 5.11 Å². The summed E-state index contributed by atoms with van der Waals surface area (Å²) < 4.78 is 0. The van der Waals surface area contributed by atoms with Crippen molar-refractivity contribution in [3.63, 3.8) is 0 Å². The maximum Gasteiger partial charge on any atom is 0.246 e. The summed E-state index contributed by atoms with van der Waals surface area (Å²) in [5.74, 6) is -0.0339. The number of anilines is 1.